The molecule has 3 rings (SSSR count). The number of benzene rings is 2. The van der Waals surface area contributed by atoms with E-state index < -0.39 is 0 Å². The monoisotopic (exact) mass is 248 g/mol. The second-order valence-corrected chi connectivity index (χ2v) is 4.24. The first-order chi connectivity index (χ1) is 9.34. The summed E-state index contributed by atoms with van der Waals surface area (Å²) in [6.45, 7) is 0. The lowest BCUT2D eigenvalue weighted by Crippen LogP contribution is -2.09. The molecule has 0 unspecified atom stereocenters. The van der Waals surface area contributed by atoms with Crippen LogP contribution in [0.5, 0.6) is 0 Å². The minimum absolute atomic E-state index is 0.171. The highest BCUT2D eigenvalue weighted by Gasteiger charge is 2.03. The minimum atomic E-state index is -0.171. The molecule has 3 nitrogen and oxygen atoms in total. The second kappa shape index (κ2) is 4.90. The molecular formula is C16H12N2O. The third-order valence-electron chi connectivity index (χ3n) is 3.03. The summed E-state index contributed by atoms with van der Waals surface area (Å²) in [5.74, 6) is 0. The first kappa shape index (κ1) is 11.4. The Morgan fingerprint density at radius 3 is 2.05 bits per heavy atom. The van der Waals surface area contributed by atoms with E-state index in [-0.39, 0.29) is 5.56 Å². The van der Waals surface area contributed by atoms with Crippen LogP contribution in [0.2, 0.25) is 0 Å². The van der Waals surface area contributed by atoms with Crippen molar-refractivity contribution in [3.63, 3.8) is 0 Å². The molecule has 1 aromatic heterocycles. The molecule has 0 bridgehead atoms. The van der Waals surface area contributed by atoms with E-state index in [1.165, 1.54) is 0 Å². The molecule has 92 valence electrons. The van der Waals surface area contributed by atoms with E-state index in [0.717, 1.165) is 16.7 Å². The molecule has 0 amide bonds. The van der Waals surface area contributed by atoms with Crippen molar-refractivity contribution >= 4 is 0 Å². The van der Waals surface area contributed by atoms with E-state index in [1.54, 1.807) is 12.3 Å². The van der Waals surface area contributed by atoms with Crippen molar-refractivity contribution in [2.45, 2.75) is 0 Å². The smallest absolute Gasteiger partial charge is 0.267 e. The molecule has 2 aromatic carbocycles. The molecule has 0 aliphatic heterocycles. The standard InChI is InChI=1S/C16H12N2O/c19-16-15(10-11-17-18-16)14-8-6-13(7-9-14)12-4-2-1-3-5-12/h1-11H,(H,18,19). The average molecular weight is 248 g/mol. The van der Waals surface area contributed by atoms with E-state index in [1.807, 2.05) is 42.5 Å². The maximum atomic E-state index is 11.7. The Morgan fingerprint density at radius 1 is 0.737 bits per heavy atom. The van der Waals surface area contributed by atoms with Gasteiger partial charge in [-0.2, -0.15) is 5.10 Å². The van der Waals surface area contributed by atoms with Crippen LogP contribution < -0.4 is 5.56 Å². The van der Waals surface area contributed by atoms with Crippen molar-refractivity contribution in [1.29, 1.82) is 0 Å². The van der Waals surface area contributed by atoms with Crippen molar-refractivity contribution in [2.75, 3.05) is 0 Å². The van der Waals surface area contributed by atoms with Crippen LogP contribution in [-0.2, 0) is 0 Å². The average Bonchev–Trinajstić information content (AvgIpc) is 2.49. The van der Waals surface area contributed by atoms with E-state index in [4.69, 9.17) is 0 Å². The first-order valence-corrected chi connectivity index (χ1v) is 6.04. The van der Waals surface area contributed by atoms with Crippen LogP contribution in [0.3, 0.4) is 0 Å². The molecule has 1 heterocycles. The van der Waals surface area contributed by atoms with Gasteiger partial charge in [-0.1, -0.05) is 54.6 Å². The number of hydrogen-bond acceptors (Lipinski definition) is 2. The summed E-state index contributed by atoms with van der Waals surface area (Å²) in [6, 6.07) is 19.8. The summed E-state index contributed by atoms with van der Waals surface area (Å²) in [5, 5.41) is 6.14. The van der Waals surface area contributed by atoms with Crippen molar-refractivity contribution in [3.8, 4) is 22.3 Å². The van der Waals surface area contributed by atoms with Gasteiger partial charge in [0.05, 0.1) is 0 Å². The number of aromatic nitrogens is 2. The lowest BCUT2D eigenvalue weighted by Gasteiger charge is -2.03. The van der Waals surface area contributed by atoms with Crippen LogP contribution in [0, 0.1) is 0 Å². The Kier molecular flexibility index (Phi) is 2.94. The Balaban J connectivity index is 2.01. The number of nitrogens with zero attached hydrogens (tertiary/aromatic N) is 1. The van der Waals surface area contributed by atoms with Gasteiger partial charge in [0, 0.05) is 11.8 Å². The van der Waals surface area contributed by atoms with Crippen LogP contribution in [0.4, 0.5) is 0 Å². The highest BCUT2D eigenvalue weighted by atomic mass is 16.1. The topological polar surface area (TPSA) is 45.8 Å². The SMILES string of the molecule is O=c1[nH]nccc1-c1ccc(-c2ccccc2)cc1. The maximum Gasteiger partial charge on any atom is 0.272 e. The normalized spacial score (nSPS) is 10.3. The Bertz CT molecular complexity index is 730. The maximum absolute atomic E-state index is 11.7. The summed E-state index contributed by atoms with van der Waals surface area (Å²) in [4.78, 5) is 11.7. The van der Waals surface area contributed by atoms with Gasteiger partial charge in [-0.3, -0.25) is 4.79 Å². The van der Waals surface area contributed by atoms with E-state index in [9.17, 15) is 4.79 Å². The van der Waals surface area contributed by atoms with Gasteiger partial charge in [-0.25, -0.2) is 5.10 Å². The Morgan fingerprint density at radius 2 is 1.37 bits per heavy atom. The largest absolute Gasteiger partial charge is 0.272 e. The lowest BCUT2D eigenvalue weighted by atomic mass is 10.0. The summed E-state index contributed by atoms with van der Waals surface area (Å²) in [6.07, 6.45) is 1.59. The fourth-order valence-corrected chi connectivity index (χ4v) is 2.04. The molecule has 0 aliphatic rings. The number of hydrogen-bond donors (Lipinski definition) is 1. The fourth-order valence-electron chi connectivity index (χ4n) is 2.04. The number of aromatic amines is 1. The summed E-state index contributed by atoms with van der Waals surface area (Å²) < 4.78 is 0. The summed E-state index contributed by atoms with van der Waals surface area (Å²) in [5.41, 5.74) is 3.65. The molecular weight excluding hydrogens is 236 g/mol. The van der Waals surface area contributed by atoms with Crippen molar-refractivity contribution < 1.29 is 0 Å². The highest BCUT2D eigenvalue weighted by Crippen LogP contribution is 2.22. The van der Waals surface area contributed by atoms with Gasteiger partial charge in [-0.05, 0) is 22.8 Å². The summed E-state index contributed by atoms with van der Waals surface area (Å²) in [7, 11) is 0. The Labute approximate surface area is 110 Å². The molecule has 3 heteroatoms. The van der Waals surface area contributed by atoms with Gasteiger partial charge in [0.25, 0.3) is 5.56 Å². The minimum Gasteiger partial charge on any atom is -0.267 e. The van der Waals surface area contributed by atoms with Crippen LogP contribution in [0.15, 0.2) is 71.7 Å². The molecule has 0 saturated carbocycles. The van der Waals surface area contributed by atoms with Crippen LogP contribution in [0.25, 0.3) is 22.3 Å². The predicted octanol–water partition coefficient (Wildman–Crippen LogP) is 3.10. The molecule has 3 aromatic rings. The van der Waals surface area contributed by atoms with E-state index >= 15 is 0 Å². The number of nitrogens with one attached hydrogen (secondary N) is 1. The zero-order chi connectivity index (χ0) is 13.1. The van der Waals surface area contributed by atoms with Crippen LogP contribution in [0.1, 0.15) is 0 Å². The molecule has 0 aliphatic carbocycles. The van der Waals surface area contributed by atoms with Gasteiger partial charge in [0.1, 0.15) is 0 Å². The Hall–Kier alpha value is -2.68. The van der Waals surface area contributed by atoms with E-state index in [0.29, 0.717) is 5.56 Å². The van der Waals surface area contributed by atoms with Gasteiger partial charge >= 0.3 is 0 Å². The first-order valence-electron chi connectivity index (χ1n) is 6.04. The molecule has 0 atom stereocenters. The van der Waals surface area contributed by atoms with E-state index in [2.05, 4.69) is 22.3 Å². The molecule has 0 radical (unpaired) electrons. The lowest BCUT2D eigenvalue weighted by molar-refractivity contribution is 0.991. The van der Waals surface area contributed by atoms with Gasteiger partial charge in [0.15, 0.2) is 0 Å². The fraction of sp³-hybridized carbons (Fsp3) is 0. The molecule has 19 heavy (non-hydrogen) atoms. The van der Waals surface area contributed by atoms with Gasteiger partial charge < -0.3 is 0 Å². The molecule has 0 saturated heterocycles. The van der Waals surface area contributed by atoms with Crippen LogP contribution >= 0.6 is 0 Å². The van der Waals surface area contributed by atoms with Gasteiger partial charge in [0.2, 0.25) is 0 Å². The predicted molar refractivity (Wildman–Crippen MR) is 75.7 cm³/mol. The molecule has 1 N–H and O–H groups in total. The van der Waals surface area contributed by atoms with Crippen molar-refractivity contribution in [1.82, 2.24) is 10.2 Å². The van der Waals surface area contributed by atoms with Crippen molar-refractivity contribution in [3.05, 3.63) is 77.2 Å². The van der Waals surface area contributed by atoms with Crippen LogP contribution in [-0.4, -0.2) is 10.2 Å². The zero-order valence-electron chi connectivity index (χ0n) is 10.2. The number of H-pyrrole nitrogens is 1. The zero-order valence-corrected chi connectivity index (χ0v) is 10.2. The highest BCUT2D eigenvalue weighted by molar-refractivity contribution is 5.69. The quantitative estimate of drug-likeness (QED) is 0.757. The summed E-state index contributed by atoms with van der Waals surface area (Å²) >= 11 is 0. The molecule has 0 fully saturated rings. The molecule has 0 spiro atoms. The second-order valence-electron chi connectivity index (χ2n) is 4.24. The number of rotatable bonds is 2. The third-order valence-corrected chi connectivity index (χ3v) is 3.03. The van der Waals surface area contributed by atoms with Crippen molar-refractivity contribution in [2.24, 2.45) is 0 Å². The van der Waals surface area contributed by atoms with Gasteiger partial charge in [-0.15, -0.1) is 0 Å². The third kappa shape index (κ3) is 2.31.